The van der Waals surface area contributed by atoms with Crippen molar-refractivity contribution in [3.63, 3.8) is 0 Å². The van der Waals surface area contributed by atoms with Crippen molar-refractivity contribution in [1.29, 1.82) is 0 Å². The Hall–Kier alpha value is -1.95. The summed E-state index contributed by atoms with van der Waals surface area (Å²) in [7, 11) is 0. The van der Waals surface area contributed by atoms with Crippen LogP contribution in [0.25, 0.3) is 10.2 Å². The van der Waals surface area contributed by atoms with E-state index in [1.165, 1.54) is 37.7 Å². The summed E-state index contributed by atoms with van der Waals surface area (Å²) in [5.41, 5.74) is 2.41. The number of hydrogen-bond acceptors (Lipinski definition) is 5. The first-order valence-corrected chi connectivity index (χ1v) is 10.1. The minimum Gasteiger partial charge on any atom is -0.431 e. The van der Waals surface area contributed by atoms with Crippen LogP contribution in [0.3, 0.4) is 0 Å². The highest BCUT2D eigenvalue weighted by molar-refractivity contribution is 7.20. The molecule has 0 amide bonds. The number of nitrogens with two attached hydrogens (primary N) is 2. The third-order valence-electron chi connectivity index (χ3n) is 5.02. The number of benzene rings is 2. The summed E-state index contributed by atoms with van der Waals surface area (Å²) >= 11 is 1.59. The molecule has 4 nitrogen and oxygen atoms in total. The quantitative estimate of drug-likeness (QED) is 0.439. The van der Waals surface area contributed by atoms with E-state index in [4.69, 9.17) is 4.74 Å². The predicted molar refractivity (Wildman–Crippen MR) is 109 cm³/mol. The third-order valence-corrected chi connectivity index (χ3v) is 5.93. The average molecular weight is 370 g/mol. The number of fused-ring (bicyclic) bond motifs is 1. The van der Waals surface area contributed by atoms with Crippen molar-refractivity contribution in [2.75, 3.05) is 0 Å². The molecule has 26 heavy (non-hydrogen) atoms. The Morgan fingerprint density at radius 3 is 2.50 bits per heavy atom. The van der Waals surface area contributed by atoms with Gasteiger partial charge in [-0.05, 0) is 67.3 Å². The predicted octanol–water partition coefficient (Wildman–Crippen LogP) is 5.28. The minimum atomic E-state index is 0.712. The molecule has 4 N–H and O–H groups in total. The largest absolute Gasteiger partial charge is 0.431 e. The SMILES string of the molecule is CCC(CCc1ccc(Oc2nc3ccccc3s2)cc1)C1CC1.NN. The Morgan fingerprint density at radius 1 is 1.12 bits per heavy atom. The maximum atomic E-state index is 5.92. The second-order valence-corrected chi connectivity index (χ2v) is 7.73. The molecular weight excluding hydrogens is 342 g/mol. The van der Waals surface area contributed by atoms with Gasteiger partial charge in [-0.1, -0.05) is 48.9 Å². The fourth-order valence-electron chi connectivity index (χ4n) is 3.41. The second-order valence-electron chi connectivity index (χ2n) is 6.74. The van der Waals surface area contributed by atoms with Crippen LogP contribution in [-0.2, 0) is 6.42 Å². The normalized spacial score (nSPS) is 14.6. The maximum Gasteiger partial charge on any atom is 0.279 e. The van der Waals surface area contributed by atoms with Gasteiger partial charge in [0.05, 0.1) is 10.2 Å². The van der Waals surface area contributed by atoms with Crippen LogP contribution in [0.2, 0.25) is 0 Å². The zero-order valence-corrected chi connectivity index (χ0v) is 16.0. The molecule has 1 fully saturated rings. The summed E-state index contributed by atoms with van der Waals surface area (Å²) in [6.07, 6.45) is 6.72. The van der Waals surface area contributed by atoms with Crippen LogP contribution >= 0.6 is 11.3 Å². The van der Waals surface area contributed by atoms with Gasteiger partial charge >= 0.3 is 0 Å². The summed E-state index contributed by atoms with van der Waals surface area (Å²) in [6, 6.07) is 16.7. The molecular formula is C21H27N3OS. The van der Waals surface area contributed by atoms with Gasteiger partial charge < -0.3 is 4.74 Å². The Balaban J connectivity index is 0.000000948. The topological polar surface area (TPSA) is 74.2 Å². The molecule has 1 saturated carbocycles. The molecule has 1 aliphatic carbocycles. The summed E-state index contributed by atoms with van der Waals surface area (Å²) in [4.78, 5) is 4.52. The molecule has 5 heteroatoms. The van der Waals surface area contributed by atoms with E-state index in [1.54, 1.807) is 11.3 Å². The van der Waals surface area contributed by atoms with Gasteiger partial charge in [-0.2, -0.15) is 0 Å². The van der Waals surface area contributed by atoms with Crippen molar-refractivity contribution in [2.45, 2.75) is 39.0 Å². The standard InChI is InChI=1S/C21H23NOS.H4N2/c1-2-16(17-11-12-17)10-7-15-8-13-18(14-9-15)23-21-22-19-5-3-4-6-20(19)24-21;1-2/h3-6,8-9,13-14,16-17H,2,7,10-12H2,1H3;1-2H2. The molecule has 1 atom stereocenters. The Labute approximate surface area is 159 Å². The van der Waals surface area contributed by atoms with Gasteiger partial charge in [0.25, 0.3) is 5.19 Å². The lowest BCUT2D eigenvalue weighted by molar-refractivity contribution is 0.415. The van der Waals surface area contributed by atoms with E-state index in [-0.39, 0.29) is 0 Å². The van der Waals surface area contributed by atoms with Crippen molar-refractivity contribution in [1.82, 2.24) is 4.98 Å². The third kappa shape index (κ3) is 4.81. The van der Waals surface area contributed by atoms with Gasteiger partial charge in [-0.3, -0.25) is 11.7 Å². The number of hydrazine groups is 1. The molecule has 0 saturated heterocycles. The highest BCUT2D eigenvalue weighted by Crippen LogP contribution is 2.40. The molecule has 2 aromatic carbocycles. The highest BCUT2D eigenvalue weighted by atomic mass is 32.1. The smallest absolute Gasteiger partial charge is 0.279 e. The van der Waals surface area contributed by atoms with Gasteiger partial charge in [-0.15, -0.1) is 0 Å². The number of para-hydroxylation sites is 1. The van der Waals surface area contributed by atoms with E-state index in [0.29, 0.717) is 5.19 Å². The minimum absolute atomic E-state index is 0.712. The molecule has 1 aliphatic rings. The number of hydrogen-bond donors (Lipinski definition) is 2. The number of nitrogens with zero attached hydrogens (tertiary/aromatic N) is 1. The molecule has 1 unspecified atom stereocenters. The van der Waals surface area contributed by atoms with Crippen LogP contribution < -0.4 is 16.4 Å². The lowest BCUT2D eigenvalue weighted by Gasteiger charge is -2.13. The summed E-state index contributed by atoms with van der Waals surface area (Å²) < 4.78 is 7.08. The van der Waals surface area contributed by atoms with Crippen molar-refractivity contribution in [3.8, 4) is 10.9 Å². The molecule has 1 heterocycles. The van der Waals surface area contributed by atoms with Gasteiger partial charge in [0, 0.05) is 0 Å². The Bertz CT molecular complexity index is 778. The molecule has 1 aromatic heterocycles. The number of aromatic nitrogens is 1. The lowest BCUT2D eigenvalue weighted by Crippen LogP contribution is -2.03. The van der Waals surface area contributed by atoms with E-state index in [9.17, 15) is 0 Å². The van der Waals surface area contributed by atoms with E-state index in [2.05, 4.69) is 53.9 Å². The van der Waals surface area contributed by atoms with Gasteiger partial charge in [-0.25, -0.2) is 4.98 Å². The molecule has 0 bridgehead atoms. The van der Waals surface area contributed by atoms with Crippen molar-refractivity contribution < 1.29 is 4.74 Å². The van der Waals surface area contributed by atoms with Gasteiger partial charge in [0.1, 0.15) is 5.75 Å². The second kappa shape index (κ2) is 9.12. The summed E-state index contributed by atoms with van der Waals surface area (Å²) in [5.74, 6) is 10.8. The lowest BCUT2D eigenvalue weighted by atomic mass is 9.93. The van der Waals surface area contributed by atoms with Gasteiger partial charge in [0.2, 0.25) is 0 Å². The van der Waals surface area contributed by atoms with Crippen LogP contribution in [0, 0.1) is 11.8 Å². The zero-order valence-electron chi connectivity index (χ0n) is 15.2. The Morgan fingerprint density at radius 2 is 1.85 bits per heavy atom. The van der Waals surface area contributed by atoms with E-state index in [0.717, 1.165) is 27.8 Å². The molecule has 0 aliphatic heterocycles. The van der Waals surface area contributed by atoms with E-state index in [1.807, 2.05) is 18.2 Å². The molecule has 0 spiro atoms. The first-order valence-electron chi connectivity index (χ1n) is 9.27. The molecule has 4 rings (SSSR count). The first kappa shape index (κ1) is 18.8. The average Bonchev–Trinajstić information content (AvgIpc) is 3.44. The molecule has 3 aromatic rings. The summed E-state index contributed by atoms with van der Waals surface area (Å²) in [6.45, 7) is 2.33. The first-order chi connectivity index (χ1) is 12.8. The maximum absolute atomic E-state index is 5.92. The van der Waals surface area contributed by atoms with Crippen LogP contribution in [0.15, 0.2) is 48.5 Å². The van der Waals surface area contributed by atoms with Crippen LogP contribution in [0.1, 0.15) is 38.2 Å². The van der Waals surface area contributed by atoms with Crippen LogP contribution in [0.5, 0.6) is 10.9 Å². The fraction of sp³-hybridized carbons (Fsp3) is 0.381. The van der Waals surface area contributed by atoms with Crippen LogP contribution in [0.4, 0.5) is 0 Å². The number of rotatable bonds is 7. The number of ether oxygens (including phenoxy) is 1. The summed E-state index contributed by atoms with van der Waals surface area (Å²) in [5, 5.41) is 0.712. The highest BCUT2D eigenvalue weighted by Gasteiger charge is 2.29. The molecule has 138 valence electrons. The van der Waals surface area contributed by atoms with Crippen molar-refractivity contribution in [2.24, 2.45) is 23.5 Å². The monoisotopic (exact) mass is 369 g/mol. The van der Waals surface area contributed by atoms with Crippen molar-refractivity contribution in [3.05, 3.63) is 54.1 Å². The van der Waals surface area contributed by atoms with Crippen molar-refractivity contribution >= 4 is 21.6 Å². The molecule has 0 radical (unpaired) electrons. The van der Waals surface area contributed by atoms with Crippen LogP contribution in [-0.4, -0.2) is 4.98 Å². The van der Waals surface area contributed by atoms with E-state index < -0.39 is 0 Å². The van der Waals surface area contributed by atoms with Gasteiger partial charge in [0.15, 0.2) is 0 Å². The number of thiazole rings is 1. The van der Waals surface area contributed by atoms with E-state index >= 15 is 0 Å². The zero-order chi connectivity index (χ0) is 18.4. The number of aryl methyl sites for hydroxylation is 1. The fourth-order valence-corrected chi connectivity index (χ4v) is 4.25. The Kier molecular flexibility index (Phi) is 6.61.